The molecule has 0 saturated carbocycles. The molecule has 5 aromatic rings. The van der Waals surface area contributed by atoms with Crippen LogP contribution in [-0.2, 0) is 54.6 Å². The predicted molar refractivity (Wildman–Crippen MR) is 337 cm³/mol. The molecule has 0 saturated heterocycles. The Morgan fingerprint density at radius 1 is 0.648 bits per heavy atom. The van der Waals surface area contributed by atoms with Crippen LogP contribution in [0.25, 0.3) is 0 Å². The summed E-state index contributed by atoms with van der Waals surface area (Å²) in [4.78, 5) is 69.6. The Labute approximate surface area is 514 Å². The average molecular weight is 1210 g/mol. The van der Waals surface area contributed by atoms with E-state index >= 15 is 0 Å². The summed E-state index contributed by atoms with van der Waals surface area (Å²) in [5, 5.41) is 21.9. The van der Waals surface area contributed by atoms with E-state index in [0.29, 0.717) is 137 Å². The number of nitrogens with one attached hydrogen (secondary N) is 4. The lowest BCUT2D eigenvalue weighted by atomic mass is 10.1. The number of amides is 4. The average Bonchev–Trinajstić information content (AvgIpc) is 2.05. The molecule has 5 aromatic carbocycles. The molecule has 9 rings (SSSR count). The number of aliphatic hydroxyl groups excluding tert-OH is 1. The first-order valence-corrected chi connectivity index (χ1v) is 30.1. The molecule has 0 fully saturated rings. The van der Waals surface area contributed by atoms with Crippen molar-refractivity contribution in [1.82, 2.24) is 21.3 Å². The van der Waals surface area contributed by atoms with E-state index in [0.717, 1.165) is 45.7 Å². The van der Waals surface area contributed by atoms with Gasteiger partial charge in [-0.25, -0.2) is 0 Å². The summed E-state index contributed by atoms with van der Waals surface area (Å²) in [6.45, 7) is 10.9. The fourth-order valence-corrected chi connectivity index (χ4v) is 10.9. The quantitative estimate of drug-likeness (QED) is 0.0214. The van der Waals surface area contributed by atoms with Crippen molar-refractivity contribution in [2.45, 2.75) is 90.0 Å². The van der Waals surface area contributed by atoms with Crippen molar-refractivity contribution in [1.29, 1.82) is 0 Å². The van der Waals surface area contributed by atoms with Gasteiger partial charge >= 0.3 is 0 Å². The molecule has 0 bridgehead atoms. The molecule has 4 aliphatic rings. The zero-order chi connectivity index (χ0) is 62.0. The molecule has 4 aliphatic heterocycles. The smallest absolute Gasteiger partial charge is 0.261 e. The van der Waals surface area contributed by atoms with Crippen LogP contribution in [0.15, 0.2) is 101 Å². The van der Waals surface area contributed by atoms with Crippen LogP contribution in [0.1, 0.15) is 83.0 Å². The molecule has 3 atom stereocenters. The highest BCUT2D eigenvalue weighted by atomic mass is 16.5. The highest BCUT2D eigenvalue weighted by Crippen LogP contribution is 2.43. The number of anilines is 3. The van der Waals surface area contributed by atoms with E-state index in [1.54, 1.807) is 41.2 Å². The molecule has 0 aromatic heterocycles. The van der Waals surface area contributed by atoms with Gasteiger partial charge in [-0.15, -0.1) is 0 Å². The number of ether oxygens (including phenoxy) is 8. The number of fused-ring (bicyclic) bond motifs is 8. The van der Waals surface area contributed by atoms with Crippen LogP contribution in [0.2, 0.25) is 0 Å². The van der Waals surface area contributed by atoms with Crippen molar-refractivity contribution < 1.29 is 62.2 Å². The van der Waals surface area contributed by atoms with E-state index in [1.165, 1.54) is 14.2 Å². The molecule has 5 N–H and O–H groups in total. The second-order valence-electron chi connectivity index (χ2n) is 22.8. The summed E-state index contributed by atoms with van der Waals surface area (Å²) < 4.78 is 47.5. The first-order valence-electron chi connectivity index (χ1n) is 30.1. The first kappa shape index (κ1) is 64.5. The largest absolute Gasteiger partial charge is 0.493 e. The summed E-state index contributed by atoms with van der Waals surface area (Å²) in [5.74, 6) is 0.746. The van der Waals surface area contributed by atoms with Crippen molar-refractivity contribution in [2.24, 2.45) is 9.98 Å². The fraction of sp³-hybridized carbons (Fsp3) is 0.455. The summed E-state index contributed by atoms with van der Waals surface area (Å²) in [5.41, 5.74) is 7.76. The SMILES string of the molecule is COCCOCCOCCN(CCCC(=O)NCCNCC(=O)NCC(O)NCCCOC(C)(C)C)c1cc(COc2cc3c(cc2OC)C(=O)N2c4ccccc4CC2C=N3)cc(COc2cc3c(cc2OC)C(=O)N2c4ccccc4CC2C=N3)c1. The van der Waals surface area contributed by atoms with Crippen LogP contribution in [0, 0.1) is 0 Å². The van der Waals surface area contributed by atoms with Crippen molar-refractivity contribution in [3.05, 3.63) is 124 Å². The predicted octanol–water partition coefficient (Wildman–Crippen LogP) is 6.64. The number of hydrogen-bond donors (Lipinski definition) is 5. The second-order valence-corrected chi connectivity index (χ2v) is 22.8. The highest BCUT2D eigenvalue weighted by molar-refractivity contribution is 6.16. The number of aliphatic hydroxyl groups is 1. The highest BCUT2D eigenvalue weighted by Gasteiger charge is 2.38. The third kappa shape index (κ3) is 17.2. The maximum Gasteiger partial charge on any atom is 0.261 e. The fourth-order valence-electron chi connectivity index (χ4n) is 10.9. The molecule has 0 spiro atoms. The van der Waals surface area contributed by atoms with Gasteiger partial charge in [-0.05, 0) is 105 Å². The second kappa shape index (κ2) is 31.3. The lowest BCUT2D eigenvalue weighted by molar-refractivity contribution is -0.121. The molecular formula is C66H83N9O13. The Hall–Kier alpha value is -7.96. The van der Waals surface area contributed by atoms with Gasteiger partial charge in [-0.1, -0.05) is 36.4 Å². The van der Waals surface area contributed by atoms with Gasteiger partial charge in [0, 0.05) is 101 Å². The lowest BCUT2D eigenvalue weighted by Gasteiger charge is -2.26. The van der Waals surface area contributed by atoms with Crippen LogP contribution in [-0.4, -0.2) is 172 Å². The Morgan fingerprint density at radius 3 is 1.78 bits per heavy atom. The molecule has 88 heavy (non-hydrogen) atoms. The number of aliphatic imine (C=N–C) groups is 2. The van der Waals surface area contributed by atoms with Crippen LogP contribution < -0.4 is 54.9 Å². The Balaban J connectivity index is 0.893. The van der Waals surface area contributed by atoms with Gasteiger partial charge in [0.1, 0.15) is 19.4 Å². The maximum atomic E-state index is 14.3. The summed E-state index contributed by atoms with van der Waals surface area (Å²) in [6.07, 6.45) is 5.49. The topological polar surface area (TPSA) is 245 Å². The van der Waals surface area contributed by atoms with Crippen molar-refractivity contribution in [2.75, 3.05) is 121 Å². The number of hydrogen-bond acceptors (Lipinski definition) is 18. The van der Waals surface area contributed by atoms with E-state index in [2.05, 4.69) is 26.2 Å². The summed E-state index contributed by atoms with van der Waals surface area (Å²) >= 11 is 0. The van der Waals surface area contributed by atoms with Gasteiger partial charge in [0.05, 0.1) is 101 Å². The normalized spacial score (nSPS) is 15.7. The lowest BCUT2D eigenvalue weighted by Crippen LogP contribution is -2.44. The van der Waals surface area contributed by atoms with Crippen LogP contribution >= 0.6 is 0 Å². The van der Waals surface area contributed by atoms with E-state index in [9.17, 15) is 24.3 Å². The van der Waals surface area contributed by atoms with Crippen molar-refractivity contribution >= 4 is 64.5 Å². The summed E-state index contributed by atoms with van der Waals surface area (Å²) in [7, 11) is 4.70. The zero-order valence-corrected chi connectivity index (χ0v) is 51.3. The van der Waals surface area contributed by atoms with Gasteiger partial charge in [-0.2, -0.15) is 0 Å². The molecule has 470 valence electrons. The Kier molecular flexibility index (Phi) is 22.9. The van der Waals surface area contributed by atoms with E-state index in [4.69, 9.17) is 47.9 Å². The molecule has 22 nitrogen and oxygen atoms in total. The molecule has 0 aliphatic carbocycles. The van der Waals surface area contributed by atoms with Crippen LogP contribution in [0.4, 0.5) is 28.4 Å². The number of rotatable bonds is 34. The van der Waals surface area contributed by atoms with Crippen molar-refractivity contribution in [3.8, 4) is 23.0 Å². The number of benzene rings is 5. The monoisotopic (exact) mass is 1210 g/mol. The van der Waals surface area contributed by atoms with Crippen LogP contribution in [0.3, 0.4) is 0 Å². The number of carbonyl (C=O) groups is 4. The van der Waals surface area contributed by atoms with Gasteiger partial charge in [0.2, 0.25) is 11.8 Å². The van der Waals surface area contributed by atoms with Gasteiger partial charge in [-0.3, -0.25) is 44.3 Å². The minimum Gasteiger partial charge on any atom is -0.493 e. The minimum absolute atomic E-state index is 0.0203. The first-order chi connectivity index (χ1) is 42.7. The van der Waals surface area contributed by atoms with Crippen LogP contribution in [0.5, 0.6) is 23.0 Å². The number of methoxy groups -OCH3 is 3. The molecule has 0 radical (unpaired) electrons. The molecular weight excluding hydrogens is 1130 g/mol. The number of carbonyl (C=O) groups excluding carboxylic acids is 4. The third-order valence-corrected chi connectivity index (χ3v) is 15.2. The molecule has 4 heterocycles. The molecule has 22 heteroatoms. The van der Waals surface area contributed by atoms with Crippen molar-refractivity contribution in [3.63, 3.8) is 0 Å². The van der Waals surface area contributed by atoms with E-state index in [1.807, 2.05) is 99.9 Å². The Bertz CT molecular complexity index is 3120. The minimum atomic E-state index is -0.893. The van der Waals surface area contributed by atoms with Gasteiger partial charge in [0.25, 0.3) is 11.8 Å². The number of nitrogens with zero attached hydrogens (tertiary/aromatic N) is 5. The van der Waals surface area contributed by atoms with Gasteiger partial charge < -0.3 is 63.9 Å². The molecule has 3 unspecified atom stereocenters. The maximum absolute atomic E-state index is 14.3. The Morgan fingerprint density at radius 2 is 1.22 bits per heavy atom. The standard InChI is InChI=1S/C66H83N9O13/c1-66(2,3)88-23-12-18-68-63(78)41-72-62(77)40-67-19-20-69-61(76)17-11-21-73(22-24-84-27-28-85-26-25-81-4)48-30-44(42-86-59-36-53-51(34-57(59)82-5)64(79)74-49(38-70-53)32-46-13-7-9-15-55(46)74)29-45(31-48)43-87-60-37-54-52(35-58(60)83-6)65(80)75-50(39-71-54)33-47-14-8-10-16-56(47)75/h7-10,13-16,29-31,34-39,49-50,63,67-68,78H,11-12,17-28,32-33,40-43H2,1-6H3,(H,69,76)(H,72,77). The van der Waals surface area contributed by atoms with E-state index in [-0.39, 0.29) is 74.0 Å². The van der Waals surface area contributed by atoms with E-state index < -0.39 is 6.23 Å². The molecule has 4 amide bonds. The zero-order valence-electron chi connectivity index (χ0n) is 51.3. The van der Waals surface area contributed by atoms with Gasteiger partial charge in [0.15, 0.2) is 23.0 Å². The number of para-hydroxylation sites is 2. The summed E-state index contributed by atoms with van der Waals surface area (Å²) in [6, 6.07) is 28.2. The third-order valence-electron chi connectivity index (χ3n) is 15.2.